The largest absolute Gasteiger partial charge is 0.368 e. The van der Waals surface area contributed by atoms with Gasteiger partial charge in [-0.1, -0.05) is 0 Å². The smallest absolute Gasteiger partial charge is 0.0787 e. The normalized spacial score (nSPS) is 28.6. The summed E-state index contributed by atoms with van der Waals surface area (Å²) in [6, 6.07) is 0.465. The molecule has 1 N–H and O–H groups in total. The van der Waals surface area contributed by atoms with Gasteiger partial charge in [-0.3, -0.25) is 0 Å². The number of nitrogens with one attached hydrogen (secondary N) is 1. The first-order valence-corrected chi connectivity index (χ1v) is 5.81. The van der Waals surface area contributed by atoms with Gasteiger partial charge in [0.15, 0.2) is 0 Å². The molecule has 0 aliphatic carbocycles. The fourth-order valence-corrected chi connectivity index (χ4v) is 2.34. The topological polar surface area (TPSA) is 24.5 Å². The third-order valence-corrected chi connectivity index (χ3v) is 3.02. The highest BCUT2D eigenvalue weighted by Crippen LogP contribution is 2.36. The summed E-state index contributed by atoms with van der Waals surface area (Å²) in [6.07, 6.45) is 1.09. The molecule has 1 saturated heterocycles. The molecule has 1 heterocycles. The fourth-order valence-electron chi connectivity index (χ4n) is 2.34. The standard InChI is InChI=1S/C12H26N2O/c1-11(2)9-10(12(3,4)15-11)13-7-8-14(5)6/h10,13H,7-9H2,1-6H3. The second-order valence-corrected chi connectivity index (χ2v) is 5.98. The van der Waals surface area contributed by atoms with E-state index in [1.165, 1.54) is 0 Å². The van der Waals surface area contributed by atoms with E-state index < -0.39 is 0 Å². The van der Waals surface area contributed by atoms with Gasteiger partial charge >= 0.3 is 0 Å². The van der Waals surface area contributed by atoms with Crippen molar-refractivity contribution < 1.29 is 4.74 Å². The molecule has 0 aromatic rings. The van der Waals surface area contributed by atoms with Crippen LogP contribution in [0.1, 0.15) is 34.1 Å². The van der Waals surface area contributed by atoms with Crippen molar-refractivity contribution in [1.29, 1.82) is 0 Å². The van der Waals surface area contributed by atoms with Crippen LogP contribution in [0, 0.1) is 0 Å². The van der Waals surface area contributed by atoms with Gasteiger partial charge in [-0.2, -0.15) is 0 Å². The monoisotopic (exact) mass is 214 g/mol. The van der Waals surface area contributed by atoms with Crippen molar-refractivity contribution in [3.63, 3.8) is 0 Å². The lowest BCUT2D eigenvalue weighted by Gasteiger charge is -2.28. The van der Waals surface area contributed by atoms with Crippen LogP contribution < -0.4 is 5.32 Å². The number of likely N-dealkylation sites (N-methyl/N-ethyl adjacent to an activating group) is 1. The molecule has 0 aromatic carbocycles. The number of hydrogen-bond acceptors (Lipinski definition) is 3. The molecule has 90 valence electrons. The molecule has 0 saturated carbocycles. The van der Waals surface area contributed by atoms with E-state index in [1.807, 2.05) is 0 Å². The van der Waals surface area contributed by atoms with E-state index in [0.29, 0.717) is 6.04 Å². The molecule has 0 amide bonds. The zero-order valence-corrected chi connectivity index (χ0v) is 11.1. The third kappa shape index (κ3) is 3.74. The van der Waals surface area contributed by atoms with Crippen LogP contribution in [0.4, 0.5) is 0 Å². The zero-order valence-electron chi connectivity index (χ0n) is 11.1. The van der Waals surface area contributed by atoms with Gasteiger partial charge in [0, 0.05) is 19.1 Å². The molecular formula is C12H26N2O. The van der Waals surface area contributed by atoms with Crippen molar-refractivity contribution in [2.45, 2.75) is 51.4 Å². The molecule has 0 bridgehead atoms. The molecule has 1 fully saturated rings. The van der Waals surface area contributed by atoms with Gasteiger partial charge in [0.25, 0.3) is 0 Å². The van der Waals surface area contributed by atoms with Crippen LogP contribution >= 0.6 is 0 Å². The molecule has 1 aliphatic heterocycles. The molecular weight excluding hydrogens is 188 g/mol. The minimum atomic E-state index is -0.0458. The van der Waals surface area contributed by atoms with Crippen molar-refractivity contribution in [1.82, 2.24) is 10.2 Å². The van der Waals surface area contributed by atoms with Crippen LogP contribution in [0.3, 0.4) is 0 Å². The average Bonchev–Trinajstić information content (AvgIpc) is 2.18. The van der Waals surface area contributed by atoms with E-state index in [0.717, 1.165) is 19.5 Å². The molecule has 1 aliphatic rings. The summed E-state index contributed by atoms with van der Waals surface area (Å²) in [5.74, 6) is 0. The predicted molar refractivity (Wildman–Crippen MR) is 64.2 cm³/mol. The Hall–Kier alpha value is -0.120. The van der Waals surface area contributed by atoms with Crippen LogP contribution in [-0.2, 0) is 4.74 Å². The Labute approximate surface area is 94.2 Å². The molecule has 3 nitrogen and oxygen atoms in total. The van der Waals surface area contributed by atoms with E-state index >= 15 is 0 Å². The van der Waals surface area contributed by atoms with Gasteiger partial charge in [-0.15, -0.1) is 0 Å². The quantitative estimate of drug-likeness (QED) is 0.767. The van der Waals surface area contributed by atoms with Gasteiger partial charge in [0.1, 0.15) is 0 Å². The number of ether oxygens (including phenoxy) is 1. The van der Waals surface area contributed by atoms with Crippen molar-refractivity contribution in [2.75, 3.05) is 27.2 Å². The minimum absolute atomic E-state index is 0.0132. The van der Waals surface area contributed by atoms with Crippen molar-refractivity contribution in [2.24, 2.45) is 0 Å². The van der Waals surface area contributed by atoms with Crippen LogP contribution in [0.5, 0.6) is 0 Å². The van der Waals surface area contributed by atoms with E-state index in [-0.39, 0.29) is 11.2 Å². The number of rotatable bonds is 4. The first-order valence-electron chi connectivity index (χ1n) is 5.81. The summed E-state index contributed by atoms with van der Waals surface area (Å²) in [6.45, 7) is 10.8. The Morgan fingerprint density at radius 1 is 1.27 bits per heavy atom. The maximum Gasteiger partial charge on any atom is 0.0787 e. The number of nitrogens with zero attached hydrogens (tertiary/aromatic N) is 1. The summed E-state index contributed by atoms with van der Waals surface area (Å²) < 4.78 is 6.03. The summed E-state index contributed by atoms with van der Waals surface area (Å²) in [5, 5.41) is 3.59. The van der Waals surface area contributed by atoms with Gasteiger partial charge in [-0.25, -0.2) is 0 Å². The number of hydrogen-bond donors (Lipinski definition) is 1. The minimum Gasteiger partial charge on any atom is -0.368 e. The Kier molecular flexibility index (Phi) is 3.80. The van der Waals surface area contributed by atoms with E-state index in [4.69, 9.17) is 4.74 Å². The van der Waals surface area contributed by atoms with Crippen LogP contribution in [0.25, 0.3) is 0 Å². The summed E-state index contributed by atoms with van der Waals surface area (Å²) in [4.78, 5) is 2.20. The molecule has 1 atom stereocenters. The molecule has 3 heteroatoms. The van der Waals surface area contributed by atoms with Crippen molar-refractivity contribution >= 4 is 0 Å². The molecule has 0 aromatic heterocycles. The van der Waals surface area contributed by atoms with E-state index in [1.54, 1.807) is 0 Å². The van der Waals surface area contributed by atoms with Crippen LogP contribution in [0.15, 0.2) is 0 Å². The lowest BCUT2D eigenvalue weighted by atomic mass is 9.94. The first-order chi connectivity index (χ1) is 6.73. The molecule has 0 spiro atoms. The highest BCUT2D eigenvalue weighted by atomic mass is 16.5. The van der Waals surface area contributed by atoms with Crippen LogP contribution in [0.2, 0.25) is 0 Å². The fraction of sp³-hybridized carbons (Fsp3) is 1.00. The molecule has 15 heavy (non-hydrogen) atoms. The lowest BCUT2D eigenvalue weighted by Crippen LogP contribution is -2.45. The molecule has 1 unspecified atom stereocenters. The van der Waals surface area contributed by atoms with Crippen molar-refractivity contribution in [3.8, 4) is 0 Å². The average molecular weight is 214 g/mol. The van der Waals surface area contributed by atoms with Crippen molar-refractivity contribution in [3.05, 3.63) is 0 Å². The third-order valence-electron chi connectivity index (χ3n) is 3.02. The second-order valence-electron chi connectivity index (χ2n) is 5.98. The second kappa shape index (κ2) is 4.40. The maximum atomic E-state index is 6.03. The van der Waals surface area contributed by atoms with E-state index in [9.17, 15) is 0 Å². The van der Waals surface area contributed by atoms with Crippen LogP contribution in [-0.4, -0.2) is 49.3 Å². The molecule has 1 rings (SSSR count). The SMILES string of the molecule is CN(C)CCNC1CC(C)(C)OC1(C)C. The molecule has 0 radical (unpaired) electrons. The Morgan fingerprint density at radius 3 is 2.27 bits per heavy atom. The zero-order chi connectivity index (χ0) is 11.7. The summed E-state index contributed by atoms with van der Waals surface area (Å²) in [7, 11) is 4.20. The Balaban J connectivity index is 2.41. The Morgan fingerprint density at radius 2 is 1.87 bits per heavy atom. The van der Waals surface area contributed by atoms with Gasteiger partial charge < -0.3 is 15.0 Å². The Bertz CT molecular complexity index is 212. The highest BCUT2D eigenvalue weighted by Gasteiger charge is 2.45. The summed E-state index contributed by atoms with van der Waals surface area (Å²) in [5.41, 5.74) is -0.0326. The van der Waals surface area contributed by atoms with Gasteiger partial charge in [0.05, 0.1) is 11.2 Å². The predicted octanol–water partition coefficient (Wildman–Crippen LogP) is 1.48. The summed E-state index contributed by atoms with van der Waals surface area (Å²) >= 11 is 0. The van der Waals surface area contributed by atoms with Gasteiger partial charge in [-0.05, 0) is 48.2 Å². The van der Waals surface area contributed by atoms with Gasteiger partial charge in [0.2, 0.25) is 0 Å². The van der Waals surface area contributed by atoms with E-state index in [2.05, 4.69) is 52.0 Å². The lowest BCUT2D eigenvalue weighted by molar-refractivity contribution is -0.0698. The maximum absolute atomic E-state index is 6.03. The first kappa shape index (κ1) is 12.9. The highest BCUT2D eigenvalue weighted by molar-refractivity contribution is 4.98.